The Morgan fingerprint density at radius 3 is 2.83 bits per heavy atom. The first kappa shape index (κ1) is 20.5. The average Bonchev–Trinajstić information content (AvgIpc) is 2.74. The van der Waals surface area contributed by atoms with E-state index in [0.717, 1.165) is 0 Å². The highest BCUT2D eigenvalue weighted by Gasteiger charge is 2.18. The van der Waals surface area contributed by atoms with Gasteiger partial charge in [0.05, 0.1) is 30.1 Å². The minimum Gasteiger partial charge on any atom is -0.491 e. The molecule has 0 atom stereocenters. The van der Waals surface area contributed by atoms with Gasteiger partial charge in [0, 0.05) is 31.0 Å². The Bertz CT molecular complexity index is 1050. The molecule has 3 aromatic rings. The van der Waals surface area contributed by atoms with Crippen molar-refractivity contribution in [1.29, 1.82) is 0 Å². The summed E-state index contributed by atoms with van der Waals surface area (Å²) < 4.78 is 19.6. The van der Waals surface area contributed by atoms with Crippen LogP contribution in [0.15, 0.2) is 42.9 Å². The zero-order chi connectivity index (χ0) is 21.0. The third kappa shape index (κ3) is 4.43. The lowest BCUT2D eigenvalue weighted by Gasteiger charge is -2.18. The van der Waals surface area contributed by atoms with Gasteiger partial charge in [0.2, 0.25) is 0 Å². The van der Waals surface area contributed by atoms with Crippen LogP contribution >= 0.6 is 11.6 Å². The Hall–Kier alpha value is -3.26. The highest BCUT2D eigenvalue weighted by Crippen LogP contribution is 2.30. The van der Waals surface area contributed by atoms with Crippen molar-refractivity contribution in [3.8, 4) is 17.1 Å². The minimum absolute atomic E-state index is 0.126. The fourth-order valence-corrected chi connectivity index (χ4v) is 2.73. The minimum atomic E-state index is -0.505. The molecule has 0 unspecified atom stereocenters. The van der Waals surface area contributed by atoms with Crippen LogP contribution in [0.2, 0.25) is 5.02 Å². The topological polar surface area (TPSA) is 80.2 Å². The maximum absolute atomic E-state index is 14.2. The lowest BCUT2D eigenvalue weighted by Crippen LogP contribution is -2.27. The summed E-state index contributed by atoms with van der Waals surface area (Å²) in [5, 5.41) is 3.44. The van der Waals surface area contributed by atoms with E-state index in [1.165, 1.54) is 37.7 Å². The second-order valence-electron chi connectivity index (χ2n) is 6.10. The van der Waals surface area contributed by atoms with Crippen LogP contribution in [0.25, 0.3) is 11.4 Å². The Balaban J connectivity index is 2.04. The Labute approximate surface area is 172 Å². The molecule has 0 spiro atoms. The molecule has 1 amide bonds. The van der Waals surface area contributed by atoms with Gasteiger partial charge >= 0.3 is 0 Å². The molecule has 2 heterocycles. The Morgan fingerprint density at radius 2 is 2.10 bits per heavy atom. The number of methoxy groups -OCH3 is 1. The smallest absolute Gasteiger partial charge is 0.257 e. The van der Waals surface area contributed by atoms with Gasteiger partial charge in [0.15, 0.2) is 17.4 Å². The number of nitrogens with zero attached hydrogens (tertiary/aromatic N) is 4. The number of carbonyl (C=O) groups excluding carboxylic acids is 1. The number of pyridine rings is 1. The van der Waals surface area contributed by atoms with Crippen molar-refractivity contribution in [3.05, 3.63) is 59.3 Å². The summed E-state index contributed by atoms with van der Waals surface area (Å²) in [5.74, 6) is 0.0273. The van der Waals surface area contributed by atoms with Gasteiger partial charge in [0.1, 0.15) is 5.82 Å². The largest absolute Gasteiger partial charge is 0.491 e. The highest BCUT2D eigenvalue weighted by molar-refractivity contribution is 6.30. The second-order valence-corrected chi connectivity index (χ2v) is 6.54. The number of aromatic nitrogens is 3. The number of benzene rings is 1. The summed E-state index contributed by atoms with van der Waals surface area (Å²) in [6.45, 7) is 2.42. The third-order valence-corrected chi connectivity index (χ3v) is 4.51. The second kappa shape index (κ2) is 8.83. The van der Waals surface area contributed by atoms with E-state index in [1.807, 2.05) is 6.92 Å². The zero-order valence-corrected chi connectivity index (χ0v) is 16.9. The molecule has 1 N–H and O–H groups in total. The summed E-state index contributed by atoms with van der Waals surface area (Å²) >= 11 is 5.98. The highest BCUT2D eigenvalue weighted by atomic mass is 35.5. The maximum Gasteiger partial charge on any atom is 0.257 e. The molecule has 3 rings (SSSR count). The van der Waals surface area contributed by atoms with Crippen LogP contribution in [0.3, 0.4) is 0 Å². The van der Waals surface area contributed by atoms with E-state index in [4.69, 9.17) is 16.3 Å². The number of ether oxygens (including phenoxy) is 1. The van der Waals surface area contributed by atoms with Gasteiger partial charge in [0.25, 0.3) is 5.91 Å². The summed E-state index contributed by atoms with van der Waals surface area (Å²) in [4.78, 5) is 26.8. The van der Waals surface area contributed by atoms with Gasteiger partial charge in [-0.2, -0.15) is 0 Å². The molecule has 0 fully saturated rings. The fraction of sp³-hybridized carbons (Fsp3) is 0.200. The molecule has 7 nitrogen and oxygen atoms in total. The van der Waals surface area contributed by atoms with Gasteiger partial charge in [-0.05, 0) is 31.2 Å². The molecule has 1 aromatic carbocycles. The van der Waals surface area contributed by atoms with Crippen molar-refractivity contribution in [2.24, 2.45) is 0 Å². The number of nitrogens with one attached hydrogen (secondary N) is 1. The lowest BCUT2D eigenvalue weighted by atomic mass is 10.2. The number of hydrogen-bond donors (Lipinski definition) is 1. The molecular formula is C20H19ClFN5O2. The van der Waals surface area contributed by atoms with Gasteiger partial charge in [-0.15, -0.1) is 0 Å². The SMILES string of the molecule is CCN(C)C(=O)c1cnccc1Nc1nc(-c2cc(Cl)ccc2F)ncc1OC. The van der Waals surface area contributed by atoms with Crippen LogP contribution in [0.5, 0.6) is 5.75 Å². The first-order valence-electron chi connectivity index (χ1n) is 8.77. The first-order valence-corrected chi connectivity index (χ1v) is 9.15. The van der Waals surface area contributed by atoms with Crippen LogP contribution in [0.1, 0.15) is 17.3 Å². The molecule has 0 saturated heterocycles. The van der Waals surface area contributed by atoms with Crippen molar-refractivity contribution < 1.29 is 13.9 Å². The van der Waals surface area contributed by atoms with Crippen LogP contribution in [-0.4, -0.2) is 46.5 Å². The van der Waals surface area contributed by atoms with Crippen molar-refractivity contribution in [2.75, 3.05) is 26.0 Å². The number of hydrogen-bond acceptors (Lipinski definition) is 6. The van der Waals surface area contributed by atoms with Gasteiger partial charge in [-0.25, -0.2) is 14.4 Å². The van der Waals surface area contributed by atoms with Crippen molar-refractivity contribution >= 4 is 29.0 Å². The van der Waals surface area contributed by atoms with Crippen molar-refractivity contribution in [3.63, 3.8) is 0 Å². The summed E-state index contributed by atoms with van der Waals surface area (Å²) in [5.41, 5.74) is 1.01. The monoisotopic (exact) mass is 415 g/mol. The van der Waals surface area contributed by atoms with E-state index < -0.39 is 5.82 Å². The van der Waals surface area contributed by atoms with E-state index in [1.54, 1.807) is 24.2 Å². The molecule has 0 saturated carbocycles. The third-order valence-electron chi connectivity index (χ3n) is 4.27. The molecular weight excluding hydrogens is 397 g/mol. The van der Waals surface area contributed by atoms with E-state index in [0.29, 0.717) is 28.6 Å². The molecule has 0 aliphatic carbocycles. The number of halogens is 2. The Morgan fingerprint density at radius 1 is 1.31 bits per heavy atom. The number of anilines is 2. The van der Waals surface area contributed by atoms with Gasteiger partial charge in [-0.3, -0.25) is 9.78 Å². The lowest BCUT2D eigenvalue weighted by molar-refractivity contribution is 0.0803. The predicted molar refractivity (Wildman–Crippen MR) is 109 cm³/mol. The van der Waals surface area contributed by atoms with Crippen LogP contribution < -0.4 is 10.1 Å². The quantitative estimate of drug-likeness (QED) is 0.650. The van der Waals surface area contributed by atoms with Crippen molar-refractivity contribution in [1.82, 2.24) is 19.9 Å². The van der Waals surface area contributed by atoms with E-state index in [2.05, 4.69) is 20.3 Å². The molecule has 0 radical (unpaired) electrons. The van der Waals surface area contributed by atoms with Crippen LogP contribution in [-0.2, 0) is 0 Å². The number of rotatable bonds is 6. The van der Waals surface area contributed by atoms with E-state index in [-0.39, 0.29) is 23.1 Å². The molecule has 0 bridgehead atoms. The fourth-order valence-electron chi connectivity index (χ4n) is 2.56. The molecule has 150 valence electrons. The maximum atomic E-state index is 14.2. The molecule has 29 heavy (non-hydrogen) atoms. The zero-order valence-electron chi connectivity index (χ0n) is 16.1. The number of amides is 1. The molecule has 0 aliphatic rings. The molecule has 0 aliphatic heterocycles. The predicted octanol–water partition coefficient (Wildman–Crippen LogP) is 4.18. The number of carbonyl (C=O) groups is 1. The summed E-state index contributed by atoms with van der Waals surface area (Å²) in [6, 6.07) is 5.79. The first-order chi connectivity index (χ1) is 13.9. The van der Waals surface area contributed by atoms with Crippen molar-refractivity contribution in [2.45, 2.75) is 6.92 Å². The van der Waals surface area contributed by atoms with E-state index in [9.17, 15) is 9.18 Å². The van der Waals surface area contributed by atoms with Gasteiger partial charge < -0.3 is 15.0 Å². The van der Waals surface area contributed by atoms with E-state index >= 15 is 0 Å². The van der Waals surface area contributed by atoms with Gasteiger partial charge in [-0.1, -0.05) is 11.6 Å². The normalized spacial score (nSPS) is 10.5. The summed E-state index contributed by atoms with van der Waals surface area (Å²) in [7, 11) is 3.16. The molecule has 9 heteroatoms. The standard InChI is InChI=1S/C20H19ClFN5O2/c1-4-27(2)20(28)14-10-23-8-7-16(14)25-19-17(29-3)11-24-18(26-19)13-9-12(21)5-6-15(13)22/h5-11H,4H2,1-3H3,(H,23,24,25,26). The van der Waals surface area contributed by atoms with Crippen LogP contribution in [0, 0.1) is 5.82 Å². The van der Waals surface area contributed by atoms with Crippen LogP contribution in [0.4, 0.5) is 15.9 Å². The molecule has 2 aromatic heterocycles. The Kier molecular flexibility index (Phi) is 6.23. The summed E-state index contributed by atoms with van der Waals surface area (Å²) in [6.07, 6.45) is 4.45. The average molecular weight is 416 g/mol.